The lowest BCUT2D eigenvalue weighted by Gasteiger charge is -2.20. The molecule has 3 rings (SSSR count). The molecule has 2 aromatic rings. The zero-order valence-corrected chi connectivity index (χ0v) is 19.8. The van der Waals surface area contributed by atoms with Crippen molar-refractivity contribution >= 4 is 29.1 Å². The number of nitrogens with one attached hydrogen (secondary N) is 3. The molecule has 0 spiro atoms. The number of anilines is 2. The van der Waals surface area contributed by atoms with E-state index in [-0.39, 0.29) is 24.3 Å². The highest BCUT2D eigenvalue weighted by Crippen LogP contribution is 2.17. The maximum atomic E-state index is 12.8. The van der Waals surface area contributed by atoms with Crippen LogP contribution in [0.25, 0.3) is 0 Å². The van der Waals surface area contributed by atoms with Gasteiger partial charge in [-0.15, -0.1) is 0 Å². The van der Waals surface area contributed by atoms with E-state index in [1.165, 1.54) is 0 Å². The van der Waals surface area contributed by atoms with Crippen LogP contribution in [0.1, 0.15) is 52.8 Å². The van der Waals surface area contributed by atoms with Gasteiger partial charge in [0, 0.05) is 55.9 Å². The van der Waals surface area contributed by atoms with E-state index in [1.807, 2.05) is 4.90 Å². The number of carbonyl (C=O) groups is 3. The van der Waals surface area contributed by atoms with E-state index >= 15 is 0 Å². The van der Waals surface area contributed by atoms with Crippen LogP contribution in [0.2, 0.25) is 0 Å². The molecule has 8 heteroatoms. The first kappa shape index (κ1) is 25.2. The number of carbonyl (C=O) groups excluding carboxylic acids is 3. The van der Waals surface area contributed by atoms with Crippen LogP contribution in [0.4, 0.5) is 11.4 Å². The van der Waals surface area contributed by atoms with Gasteiger partial charge < -0.3 is 25.6 Å². The van der Waals surface area contributed by atoms with Gasteiger partial charge in [0.25, 0.3) is 11.8 Å². The predicted octanol–water partition coefficient (Wildman–Crippen LogP) is 3.52. The Hall–Kier alpha value is -3.39. The molecule has 1 heterocycles. The molecule has 1 aliphatic heterocycles. The summed E-state index contributed by atoms with van der Waals surface area (Å²) in [4.78, 5) is 39.3. The molecule has 0 radical (unpaired) electrons. The van der Waals surface area contributed by atoms with E-state index in [4.69, 9.17) is 4.74 Å². The Bertz CT molecular complexity index is 954. The van der Waals surface area contributed by atoms with Gasteiger partial charge in [0.05, 0.1) is 6.54 Å². The maximum absolute atomic E-state index is 12.8. The van der Waals surface area contributed by atoms with E-state index in [1.54, 1.807) is 55.6 Å². The molecule has 2 aromatic carbocycles. The van der Waals surface area contributed by atoms with Crippen molar-refractivity contribution in [3.8, 4) is 0 Å². The van der Waals surface area contributed by atoms with E-state index in [0.717, 1.165) is 50.9 Å². The minimum Gasteiger partial charge on any atom is -0.385 e. The first-order chi connectivity index (χ1) is 16.6. The Morgan fingerprint density at radius 3 is 2.35 bits per heavy atom. The second-order valence-corrected chi connectivity index (χ2v) is 8.37. The van der Waals surface area contributed by atoms with Crippen LogP contribution < -0.4 is 16.0 Å². The fraction of sp³-hybridized carbons (Fsp3) is 0.423. The summed E-state index contributed by atoms with van der Waals surface area (Å²) in [6.45, 7) is 2.79. The maximum Gasteiger partial charge on any atom is 0.253 e. The van der Waals surface area contributed by atoms with Gasteiger partial charge >= 0.3 is 0 Å². The number of nitrogens with zero attached hydrogens (tertiary/aromatic N) is 1. The number of rotatable bonds is 10. The standard InChI is InChI=1S/C26H34N4O4/c1-34-17-7-14-27-25(32)20-10-12-22(13-11-20)28-19-24(31)29-23-9-6-8-21(18-23)26(33)30-15-4-2-3-5-16-30/h6,8-13,18,28H,2-5,7,14-17,19H2,1H3,(H,27,32)(H,29,31). The van der Waals surface area contributed by atoms with Crippen LogP contribution in [-0.2, 0) is 9.53 Å². The fourth-order valence-corrected chi connectivity index (χ4v) is 3.83. The van der Waals surface area contributed by atoms with Gasteiger partial charge in [-0.1, -0.05) is 18.9 Å². The molecule has 3 amide bonds. The van der Waals surface area contributed by atoms with Crippen molar-refractivity contribution in [2.24, 2.45) is 0 Å². The van der Waals surface area contributed by atoms with Crippen LogP contribution in [-0.4, -0.2) is 62.5 Å². The summed E-state index contributed by atoms with van der Waals surface area (Å²) in [7, 11) is 1.63. The highest BCUT2D eigenvalue weighted by atomic mass is 16.5. The lowest BCUT2D eigenvalue weighted by molar-refractivity contribution is -0.114. The van der Waals surface area contributed by atoms with Crippen molar-refractivity contribution in [3.63, 3.8) is 0 Å². The molecule has 1 fully saturated rings. The molecule has 0 bridgehead atoms. The summed E-state index contributed by atoms with van der Waals surface area (Å²) >= 11 is 0. The van der Waals surface area contributed by atoms with E-state index in [0.29, 0.717) is 30.0 Å². The zero-order valence-electron chi connectivity index (χ0n) is 19.8. The van der Waals surface area contributed by atoms with Crippen molar-refractivity contribution in [2.45, 2.75) is 32.1 Å². The molecule has 0 aromatic heterocycles. The van der Waals surface area contributed by atoms with Gasteiger partial charge in [-0.25, -0.2) is 0 Å². The molecule has 1 aliphatic rings. The molecule has 0 unspecified atom stereocenters. The van der Waals surface area contributed by atoms with Crippen LogP contribution in [0, 0.1) is 0 Å². The predicted molar refractivity (Wildman–Crippen MR) is 133 cm³/mol. The number of hydrogen-bond donors (Lipinski definition) is 3. The fourth-order valence-electron chi connectivity index (χ4n) is 3.83. The first-order valence-corrected chi connectivity index (χ1v) is 11.9. The van der Waals surface area contributed by atoms with Crippen LogP contribution in [0.15, 0.2) is 48.5 Å². The van der Waals surface area contributed by atoms with Gasteiger partial charge in [0.15, 0.2) is 0 Å². The zero-order chi connectivity index (χ0) is 24.2. The van der Waals surface area contributed by atoms with Gasteiger partial charge in [0.2, 0.25) is 5.91 Å². The second kappa shape index (κ2) is 13.3. The van der Waals surface area contributed by atoms with Crippen LogP contribution in [0.3, 0.4) is 0 Å². The topological polar surface area (TPSA) is 99.8 Å². The highest BCUT2D eigenvalue weighted by molar-refractivity contribution is 5.98. The van der Waals surface area contributed by atoms with E-state index in [2.05, 4.69) is 16.0 Å². The molecular formula is C26H34N4O4. The first-order valence-electron chi connectivity index (χ1n) is 11.9. The summed E-state index contributed by atoms with van der Waals surface area (Å²) in [5.74, 6) is -0.353. The number of amides is 3. The lowest BCUT2D eigenvalue weighted by atomic mass is 10.1. The average molecular weight is 467 g/mol. The smallest absolute Gasteiger partial charge is 0.253 e. The summed E-state index contributed by atoms with van der Waals surface area (Å²) < 4.78 is 4.97. The molecule has 1 saturated heterocycles. The molecule has 8 nitrogen and oxygen atoms in total. The Morgan fingerprint density at radius 1 is 0.912 bits per heavy atom. The quantitative estimate of drug-likeness (QED) is 0.465. The van der Waals surface area contributed by atoms with Gasteiger partial charge in [-0.05, 0) is 61.7 Å². The minimum atomic E-state index is -0.223. The molecule has 182 valence electrons. The average Bonchev–Trinajstić information content (AvgIpc) is 3.15. The molecule has 34 heavy (non-hydrogen) atoms. The van der Waals surface area contributed by atoms with Crippen molar-refractivity contribution in [1.82, 2.24) is 10.2 Å². The number of benzene rings is 2. The van der Waals surface area contributed by atoms with Crippen molar-refractivity contribution in [2.75, 3.05) is 50.5 Å². The Labute approximate surface area is 201 Å². The lowest BCUT2D eigenvalue weighted by Crippen LogP contribution is -2.31. The van der Waals surface area contributed by atoms with E-state index < -0.39 is 0 Å². The SMILES string of the molecule is COCCCNC(=O)c1ccc(NCC(=O)Nc2cccc(C(=O)N3CCCCCC3)c2)cc1. The third kappa shape index (κ3) is 7.88. The Balaban J connectivity index is 1.47. The number of hydrogen-bond acceptors (Lipinski definition) is 5. The minimum absolute atomic E-state index is 0.0129. The third-order valence-electron chi connectivity index (χ3n) is 5.70. The van der Waals surface area contributed by atoms with Crippen molar-refractivity contribution < 1.29 is 19.1 Å². The summed E-state index contributed by atoms with van der Waals surface area (Å²) in [6, 6.07) is 14.0. The van der Waals surface area contributed by atoms with Gasteiger partial charge in [0.1, 0.15) is 0 Å². The monoisotopic (exact) mass is 466 g/mol. The van der Waals surface area contributed by atoms with E-state index in [9.17, 15) is 14.4 Å². The molecule has 0 atom stereocenters. The van der Waals surface area contributed by atoms with Crippen molar-refractivity contribution in [1.29, 1.82) is 0 Å². The van der Waals surface area contributed by atoms with Crippen molar-refractivity contribution in [3.05, 3.63) is 59.7 Å². The van der Waals surface area contributed by atoms with Crippen LogP contribution in [0.5, 0.6) is 0 Å². The molecule has 0 saturated carbocycles. The third-order valence-corrected chi connectivity index (χ3v) is 5.70. The molecule has 0 aliphatic carbocycles. The number of methoxy groups -OCH3 is 1. The summed E-state index contributed by atoms with van der Waals surface area (Å²) in [6.07, 6.45) is 5.16. The summed E-state index contributed by atoms with van der Waals surface area (Å²) in [5.41, 5.74) is 2.46. The molecular weight excluding hydrogens is 432 g/mol. The Morgan fingerprint density at radius 2 is 1.65 bits per heavy atom. The van der Waals surface area contributed by atoms with Gasteiger partial charge in [-0.3, -0.25) is 14.4 Å². The Kier molecular flexibility index (Phi) is 9.91. The largest absolute Gasteiger partial charge is 0.385 e. The molecule has 3 N–H and O–H groups in total. The highest BCUT2D eigenvalue weighted by Gasteiger charge is 2.17. The second-order valence-electron chi connectivity index (χ2n) is 8.37. The summed E-state index contributed by atoms with van der Waals surface area (Å²) in [5, 5.41) is 8.73. The normalized spacial score (nSPS) is 13.6. The number of ether oxygens (including phenoxy) is 1. The van der Waals surface area contributed by atoms with Gasteiger partial charge in [-0.2, -0.15) is 0 Å². The van der Waals surface area contributed by atoms with Crippen LogP contribution >= 0.6 is 0 Å². The number of likely N-dealkylation sites (tertiary alicyclic amines) is 1.